The summed E-state index contributed by atoms with van der Waals surface area (Å²) in [4.78, 5) is 10.7. The summed E-state index contributed by atoms with van der Waals surface area (Å²) in [5, 5.41) is 0. The lowest BCUT2D eigenvalue weighted by Crippen LogP contribution is -2.07. The second-order valence-electron chi connectivity index (χ2n) is 2.13. The normalized spacial score (nSPS) is 17.4. The van der Waals surface area contributed by atoms with Crippen LogP contribution in [0.3, 0.4) is 0 Å². The molecule has 0 aromatic carbocycles. The highest BCUT2D eigenvalue weighted by atomic mass is 127. The van der Waals surface area contributed by atoms with Gasteiger partial charge < -0.3 is 4.74 Å². The standard InChI is InChI=1S/C6H9IO2/c7-3-4-9-6(8)5-1-2-5/h5H,1-4H2. The Labute approximate surface area is 68.1 Å². The highest BCUT2D eigenvalue weighted by Crippen LogP contribution is 2.29. The van der Waals surface area contributed by atoms with Crippen molar-refractivity contribution in [3.05, 3.63) is 0 Å². The van der Waals surface area contributed by atoms with Gasteiger partial charge in [0.15, 0.2) is 0 Å². The van der Waals surface area contributed by atoms with E-state index in [0.29, 0.717) is 6.61 Å². The first kappa shape index (κ1) is 7.31. The number of hydrogen-bond acceptors (Lipinski definition) is 2. The Kier molecular flexibility index (Phi) is 2.75. The van der Waals surface area contributed by atoms with E-state index in [1.165, 1.54) is 0 Å². The number of halogens is 1. The van der Waals surface area contributed by atoms with Crippen molar-refractivity contribution >= 4 is 28.6 Å². The molecule has 52 valence electrons. The Balaban J connectivity index is 2.03. The summed E-state index contributed by atoms with van der Waals surface area (Å²) in [6.07, 6.45) is 2.08. The molecule has 0 unspecified atom stereocenters. The first-order chi connectivity index (χ1) is 4.34. The van der Waals surface area contributed by atoms with Crippen LogP contribution in [0.5, 0.6) is 0 Å². The average Bonchev–Trinajstić information content (AvgIpc) is 2.63. The maximum absolute atomic E-state index is 10.7. The zero-order valence-electron chi connectivity index (χ0n) is 5.10. The van der Waals surface area contributed by atoms with Gasteiger partial charge in [0.2, 0.25) is 0 Å². The summed E-state index contributed by atoms with van der Waals surface area (Å²) in [5.74, 6) is 0.264. The van der Waals surface area contributed by atoms with Gasteiger partial charge >= 0.3 is 5.97 Å². The molecular formula is C6H9IO2. The SMILES string of the molecule is O=C(OCCI)C1CC1. The van der Waals surface area contributed by atoms with Crippen molar-refractivity contribution in [1.82, 2.24) is 0 Å². The van der Waals surface area contributed by atoms with Crippen LogP contribution < -0.4 is 0 Å². The predicted molar refractivity (Wildman–Crippen MR) is 42.6 cm³/mol. The molecule has 1 saturated carbocycles. The third-order valence-electron chi connectivity index (χ3n) is 1.23. The minimum absolute atomic E-state index is 0.00617. The predicted octanol–water partition coefficient (Wildman–Crippen LogP) is 1.37. The molecule has 2 nitrogen and oxygen atoms in total. The maximum atomic E-state index is 10.7. The molecule has 9 heavy (non-hydrogen) atoms. The van der Waals surface area contributed by atoms with Gasteiger partial charge in [0.05, 0.1) is 5.92 Å². The van der Waals surface area contributed by atoms with Crippen LogP contribution in [-0.4, -0.2) is 17.0 Å². The van der Waals surface area contributed by atoms with Crippen LogP contribution in [-0.2, 0) is 9.53 Å². The Morgan fingerprint density at radius 1 is 1.67 bits per heavy atom. The van der Waals surface area contributed by atoms with E-state index in [2.05, 4.69) is 22.6 Å². The number of esters is 1. The van der Waals surface area contributed by atoms with E-state index in [9.17, 15) is 4.79 Å². The van der Waals surface area contributed by atoms with E-state index in [4.69, 9.17) is 4.74 Å². The van der Waals surface area contributed by atoms with Crippen LogP contribution >= 0.6 is 22.6 Å². The molecule has 3 heteroatoms. The molecule has 0 radical (unpaired) electrons. The number of hydrogen-bond donors (Lipinski definition) is 0. The lowest BCUT2D eigenvalue weighted by molar-refractivity contribution is -0.144. The molecule has 0 amide bonds. The number of ether oxygens (including phenoxy) is 1. The second kappa shape index (κ2) is 3.39. The van der Waals surface area contributed by atoms with Gasteiger partial charge in [-0.1, -0.05) is 22.6 Å². The topological polar surface area (TPSA) is 26.3 Å². The van der Waals surface area contributed by atoms with Gasteiger partial charge in [-0.2, -0.15) is 0 Å². The van der Waals surface area contributed by atoms with Gasteiger partial charge in [-0.3, -0.25) is 4.79 Å². The van der Waals surface area contributed by atoms with Gasteiger partial charge in [-0.25, -0.2) is 0 Å². The van der Waals surface area contributed by atoms with E-state index < -0.39 is 0 Å². The molecule has 0 aromatic rings. The first-order valence-corrected chi connectivity index (χ1v) is 4.59. The van der Waals surface area contributed by atoms with Crippen LogP contribution in [0.1, 0.15) is 12.8 Å². The molecule has 0 heterocycles. The average molecular weight is 240 g/mol. The monoisotopic (exact) mass is 240 g/mol. The Morgan fingerprint density at radius 2 is 2.33 bits per heavy atom. The van der Waals surface area contributed by atoms with Crippen LogP contribution in [0.15, 0.2) is 0 Å². The molecule has 0 bridgehead atoms. The maximum Gasteiger partial charge on any atom is 0.308 e. The third kappa shape index (κ3) is 2.51. The van der Waals surface area contributed by atoms with Gasteiger partial charge in [-0.05, 0) is 12.8 Å². The Bertz CT molecular complexity index is 110. The summed E-state index contributed by atoms with van der Waals surface area (Å²) in [5.41, 5.74) is 0. The van der Waals surface area contributed by atoms with Crippen LogP contribution in [0.2, 0.25) is 0 Å². The van der Waals surface area contributed by atoms with E-state index in [1.54, 1.807) is 0 Å². The fourth-order valence-corrected chi connectivity index (χ4v) is 0.796. The van der Waals surface area contributed by atoms with Crippen molar-refractivity contribution in [1.29, 1.82) is 0 Å². The molecule has 0 aliphatic heterocycles. The minimum Gasteiger partial charge on any atom is -0.465 e. The van der Waals surface area contributed by atoms with Gasteiger partial charge in [0.1, 0.15) is 6.61 Å². The smallest absolute Gasteiger partial charge is 0.308 e. The Morgan fingerprint density at radius 3 is 2.78 bits per heavy atom. The summed E-state index contributed by atoms with van der Waals surface area (Å²) in [6.45, 7) is 0.579. The van der Waals surface area contributed by atoms with Crippen molar-refractivity contribution in [3.63, 3.8) is 0 Å². The molecule has 1 rings (SSSR count). The van der Waals surface area contributed by atoms with Crippen molar-refractivity contribution in [2.45, 2.75) is 12.8 Å². The summed E-state index contributed by atoms with van der Waals surface area (Å²) < 4.78 is 5.77. The number of alkyl halides is 1. The van der Waals surface area contributed by atoms with E-state index in [1.807, 2.05) is 0 Å². The van der Waals surface area contributed by atoms with E-state index in [-0.39, 0.29) is 11.9 Å². The van der Waals surface area contributed by atoms with Crippen molar-refractivity contribution in [3.8, 4) is 0 Å². The molecule has 1 fully saturated rings. The fourth-order valence-electron chi connectivity index (χ4n) is 0.576. The van der Waals surface area contributed by atoms with E-state index >= 15 is 0 Å². The third-order valence-corrected chi connectivity index (χ3v) is 1.67. The molecule has 0 aromatic heterocycles. The molecule has 0 atom stereocenters. The van der Waals surface area contributed by atoms with Crippen molar-refractivity contribution in [2.24, 2.45) is 5.92 Å². The van der Waals surface area contributed by atoms with E-state index in [0.717, 1.165) is 17.3 Å². The number of rotatable bonds is 3. The molecule has 0 saturated heterocycles. The van der Waals surface area contributed by atoms with Crippen LogP contribution in [0.4, 0.5) is 0 Å². The van der Waals surface area contributed by atoms with Crippen LogP contribution in [0, 0.1) is 5.92 Å². The Hall–Kier alpha value is 0.200. The summed E-state index contributed by atoms with van der Waals surface area (Å²) in [7, 11) is 0. The molecule has 1 aliphatic rings. The number of carbonyl (C=O) groups excluding carboxylic acids is 1. The second-order valence-corrected chi connectivity index (χ2v) is 3.21. The zero-order valence-corrected chi connectivity index (χ0v) is 7.26. The molecular weight excluding hydrogens is 231 g/mol. The highest BCUT2D eigenvalue weighted by molar-refractivity contribution is 14.1. The quantitative estimate of drug-likeness (QED) is 0.423. The lowest BCUT2D eigenvalue weighted by Gasteiger charge is -1.97. The van der Waals surface area contributed by atoms with Crippen LogP contribution in [0.25, 0.3) is 0 Å². The zero-order chi connectivity index (χ0) is 6.69. The van der Waals surface area contributed by atoms with Crippen molar-refractivity contribution < 1.29 is 9.53 Å². The van der Waals surface area contributed by atoms with Gasteiger partial charge in [0.25, 0.3) is 0 Å². The van der Waals surface area contributed by atoms with Gasteiger partial charge in [-0.15, -0.1) is 0 Å². The van der Waals surface area contributed by atoms with Gasteiger partial charge in [0, 0.05) is 4.43 Å². The highest BCUT2D eigenvalue weighted by Gasteiger charge is 2.30. The summed E-state index contributed by atoms with van der Waals surface area (Å²) >= 11 is 2.19. The first-order valence-electron chi connectivity index (χ1n) is 3.07. The largest absolute Gasteiger partial charge is 0.465 e. The lowest BCUT2D eigenvalue weighted by atomic mass is 10.4. The minimum atomic E-state index is 0.00617. The van der Waals surface area contributed by atoms with Crippen molar-refractivity contribution in [2.75, 3.05) is 11.0 Å². The summed E-state index contributed by atoms with van der Waals surface area (Å²) in [6, 6.07) is 0. The number of carbonyl (C=O) groups is 1. The fraction of sp³-hybridized carbons (Fsp3) is 0.833. The molecule has 0 spiro atoms. The molecule has 0 N–H and O–H groups in total. The molecule has 1 aliphatic carbocycles.